The number of halogens is 2. The normalized spacial score (nSPS) is 10.5. The van der Waals surface area contributed by atoms with Crippen molar-refractivity contribution >= 4 is 40.2 Å². The number of ether oxygens (including phenoxy) is 1. The van der Waals surface area contributed by atoms with Crippen molar-refractivity contribution in [1.29, 1.82) is 0 Å². The maximum absolute atomic E-state index is 11.7. The Morgan fingerprint density at radius 3 is 2.82 bits per heavy atom. The van der Waals surface area contributed by atoms with Crippen LogP contribution in [-0.2, 0) is 4.74 Å². The highest BCUT2D eigenvalue weighted by Gasteiger charge is 2.16. The number of pyridine rings is 1. The maximum atomic E-state index is 11.7. The second-order valence-corrected chi connectivity index (χ2v) is 3.82. The topological polar surface area (TPSA) is 65.0 Å². The Bertz CT molecular complexity index is 589. The first-order chi connectivity index (χ1) is 8.13. The van der Waals surface area contributed by atoms with Gasteiger partial charge in [0.1, 0.15) is 22.5 Å². The number of hydrogen-bond donors (Lipinski definition) is 0. The van der Waals surface area contributed by atoms with E-state index in [2.05, 4.69) is 15.0 Å². The standard InChI is InChI=1S/C10H7Cl2N3O2/c1-2-17-10(16)5-3-6(11)15-8-7(5)13-4-14-9(8)12/h3-4H,2H2,1H3. The molecule has 0 atom stereocenters. The molecule has 0 aromatic carbocycles. The van der Waals surface area contributed by atoms with E-state index in [-0.39, 0.29) is 28.0 Å². The molecule has 0 bridgehead atoms. The fourth-order valence-corrected chi connectivity index (χ4v) is 1.71. The number of hydrogen-bond acceptors (Lipinski definition) is 5. The first-order valence-corrected chi connectivity index (χ1v) is 5.53. The number of rotatable bonds is 2. The van der Waals surface area contributed by atoms with Crippen molar-refractivity contribution in [2.75, 3.05) is 6.61 Å². The molecule has 5 nitrogen and oxygen atoms in total. The molecule has 0 aliphatic rings. The summed E-state index contributed by atoms with van der Waals surface area (Å²) in [6.45, 7) is 1.98. The van der Waals surface area contributed by atoms with Crippen LogP contribution in [-0.4, -0.2) is 27.5 Å². The molecule has 0 amide bonds. The number of carbonyl (C=O) groups excluding carboxylic acids is 1. The minimum absolute atomic E-state index is 0.136. The van der Waals surface area contributed by atoms with Gasteiger partial charge in [0.25, 0.3) is 0 Å². The predicted octanol–water partition coefficient (Wildman–Crippen LogP) is 2.51. The van der Waals surface area contributed by atoms with Crippen molar-refractivity contribution < 1.29 is 9.53 Å². The molecule has 7 heteroatoms. The van der Waals surface area contributed by atoms with Gasteiger partial charge in [-0.05, 0) is 13.0 Å². The van der Waals surface area contributed by atoms with Crippen molar-refractivity contribution in [3.05, 3.63) is 28.3 Å². The van der Waals surface area contributed by atoms with Crippen LogP contribution in [0.1, 0.15) is 17.3 Å². The summed E-state index contributed by atoms with van der Waals surface area (Å²) < 4.78 is 4.90. The lowest BCUT2D eigenvalue weighted by Crippen LogP contribution is -2.07. The summed E-state index contributed by atoms with van der Waals surface area (Å²) in [5, 5.41) is 0.278. The molecule has 0 N–H and O–H groups in total. The van der Waals surface area contributed by atoms with Gasteiger partial charge in [-0.3, -0.25) is 0 Å². The van der Waals surface area contributed by atoms with Crippen molar-refractivity contribution in [3.8, 4) is 0 Å². The van der Waals surface area contributed by atoms with Crippen LogP contribution in [0.25, 0.3) is 11.0 Å². The predicted molar refractivity (Wildman–Crippen MR) is 63.3 cm³/mol. The van der Waals surface area contributed by atoms with Crippen LogP contribution >= 0.6 is 23.2 Å². The van der Waals surface area contributed by atoms with Crippen molar-refractivity contribution in [1.82, 2.24) is 15.0 Å². The number of nitrogens with zero attached hydrogens (tertiary/aromatic N) is 3. The third-order valence-corrected chi connectivity index (χ3v) is 2.48. The van der Waals surface area contributed by atoms with Crippen LogP contribution in [0.15, 0.2) is 12.4 Å². The van der Waals surface area contributed by atoms with E-state index in [0.717, 1.165) is 0 Å². The summed E-state index contributed by atoms with van der Waals surface area (Å²) in [5.74, 6) is -0.517. The van der Waals surface area contributed by atoms with Gasteiger partial charge >= 0.3 is 5.97 Å². The average molecular weight is 272 g/mol. The minimum Gasteiger partial charge on any atom is -0.462 e. The highest BCUT2D eigenvalue weighted by molar-refractivity contribution is 6.35. The smallest absolute Gasteiger partial charge is 0.340 e. The van der Waals surface area contributed by atoms with E-state index in [1.807, 2.05) is 0 Å². The molecule has 2 aromatic rings. The number of carbonyl (C=O) groups is 1. The molecule has 17 heavy (non-hydrogen) atoms. The van der Waals surface area contributed by atoms with Crippen LogP contribution in [0.2, 0.25) is 10.3 Å². The summed E-state index contributed by atoms with van der Waals surface area (Å²) in [6.07, 6.45) is 1.25. The molecule has 0 saturated carbocycles. The van der Waals surface area contributed by atoms with Gasteiger partial charge in [0.15, 0.2) is 5.15 Å². The van der Waals surface area contributed by atoms with Crippen LogP contribution in [0.5, 0.6) is 0 Å². The molecule has 0 radical (unpaired) electrons. The van der Waals surface area contributed by atoms with Gasteiger partial charge < -0.3 is 4.74 Å². The quantitative estimate of drug-likeness (QED) is 0.477. The molecular weight excluding hydrogens is 265 g/mol. The van der Waals surface area contributed by atoms with Gasteiger partial charge in [-0.15, -0.1) is 0 Å². The Morgan fingerprint density at radius 1 is 1.35 bits per heavy atom. The lowest BCUT2D eigenvalue weighted by molar-refractivity contribution is 0.0528. The second kappa shape index (κ2) is 4.81. The van der Waals surface area contributed by atoms with Crippen LogP contribution in [0, 0.1) is 0 Å². The Labute approximate surface area is 107 Å². The van der Waals surface area contributed by atoms with Gasteiger partial charge in [-0.2, -0.15) is 0 Å². The highest BCUT2D eigenvalue weighted by atomic mass is 35.5. The molecule has 2 heterocycles. The summed E-state index contributed by atoms with van der Waals surface area (Å²) in [6, 6.07) is 1.39. The molecule has 2 aromatic heterocycles. The summed E-state index contributed by atoms with van der Waals surface area (Å²) in [5.41, 5.74) is 0.837. The van der Waals surface area contributed by atoms with Gasteiger partial charge in [-0.1, -0.05) is 23.2 Å². The number of fused-ring (bicyclic) bond motifs is 1. The van der Waals surface area contributed by atoms with E-state index in [9.17, 15) is 4.79 Å². The zero-order chi connectivity index (χ0) is 12.4. The van der Waals surface area contributed by atoms with E-state index in [0.29, 0.717) is 5.52 Å². The summed E-state index contributed by atoms with van der Waals surface area (Å²) in [4.78, 5) is 23.4. The van der Waals surface area contributed by atoms with Crippen LogP contribution in [0.3, 0.4) is 0 Å². The molecule has 0 spiro atoms. The van der Waals surface area contributed by atoms with Gasteiger partial charge in [0.05, 0.1) is 12.2 Å². The van der Waals surface area contributed by atoms with Crippen molar-refractivity contribution in [2.45, 2.75) is 6.92 Å². The van der Waals surface area contributed by atoms with E-state index in [1.165, 1.54) is 12.4 Å². The molecule has 0 aliphatic heterocycles. The highest BCUT2D eigenvalue weighted by Crippen LogP contribution is 2.23. The maximum Gasteiger partial charge on any atom is 0.340 e. The summed E-state index contributed by atoms with van der Waals surface area (Å²) in [7, 11) is 0. The Balaban J connectivity index is 2.70. The molecule has 0 unspecified atom stereocenters. The Hall–Kier alpha value is -1.46. The molecule has 0 saturated heterocycles. The third kappa shape index (κ3) is 2.30. The second-order valence-electron chi connectivity index (χ2n) is 3.07. The van der Waals surface area contributed by atoms with Crippen LogP contribution in [0.4, 0.5) is 0 Å². The number of esters is 1. The van der Waals surface area contributed by atoms with Gasteiger partial charge in [0.2, 0.25) is 0 Å². The van der Waals surface area contributed by atoms with Crippen LogP contribution < -0.4 is 0 Å². The van der Waals surface area contributed by atoms with Crippen molar-refractivity contribution in [2.24, 2.45) is 0 Å². The van der Waals surface area contributed by atoms with E-state index in [4.69, 9.17) is 27.9 Å². The Kier molecular flexibility index (Phi) is 3.40. The fourth-order valence-electron chi connectivity index (χ4n) is 1.34. The molecule has 88 valence electrons. The van der Waals surface area contributed by atoms with E-state index < -0.39 is 5.97 Å². The first kappa shape index (κ1) is 12.0. The average Bonchev–Trinajstić information content (AvgIpc) is 2.30. The van der Waals surface area contributed by atoms with E-state index >= 15 is 0 Å². The van der Waals surface area contributed by atoms with Crippen molar-refractivity contribution in [3.63, 3.8) is 0 Å². The fraction of sp³-hybridized carbons (Fsp3) is 0.200. The third-order valence-electron chi connectivity index (χ3n) is 2.01. The van der Waals surface area contributed by atoms with Gasteiger partial charge in [-0.25, -0.2) is 19.7 Å². The lowest BCUT2D eigenvalue weighted by atomic mass is 10.2. The zero-order valence-electron chi connectivity index (χ0n) is 8.78. The summed E-state index contributed by atoms with van der Waals surface area (Å²) >= 11 is 11.7. The largest absolute Gasteiger partial charge is 0.462 e. The monoisotopic (exact) mass is 271 g/mol. The minimum atomic E-state index is -0.517. The molecule has 0 fully saturated rings. The van der Waals surface area contributed by atoms with E-state index in [1.54, 1.807) is 6.92 Å². The first-order valence-electron chi connectivity index (χ1n) is 4.77. The molecular formula is C10H7Cl2N3O2. The molecule has 0 aliphatic carbocycles. The SMILES string of the molecule is CCOC(=O)c1cc(Cl)nc2c(Cl)ncnc12. The Morgan fingerprint density at radius 2 is 2.12 bits per heavy atom. The lowest BCUT2D eigenvalue weighted by Gasteiger charge is -2.05. The van der Waals surface area contributed by atoms with Gasteiger partial charge in [0, 0.05) is 0 Å². The zero-order valence-corrected chi connectivity index (χ0v) is 10.3. The number of aromatic nitrogens is 3. The molecule has 2 rings (SSSR count).